The Morgan fingerprint density at radius 3 is 2.63 bits per heavy atom. The van der Waals surface area contributed by atoms with Gasteiger partial charge in [0.05, 0.1) is 11.2 Å². The second-order valence-electron chi connectivity index (χ2n) is 4.14. The van der Waals surface area contributed by atoms with E-state index in [1.165, 1.54) is 12.3 Å². The third kappa shape index (κ3) is 2.62. The summed E-state index contributed by atoms with van der Waals surface area (Å²) in [6, 6.07) is 6.17. The lowest BCUT2D eigenvalue weighted by atomic mass is 10.1. The summed E-state index contributed by atoms with van der Waals surface area (Å²) >= 11 is 0. The molecule has 0 radical (unpaired) electrons. The lowest BCUT2D eigenvalue weighted by Gasteiger charge is -2.08. The van der Waals surface area contributed by atoms with Crippen LogP contribution in [0, 0.1) is 24.0 Å². The average Bonchev–Trinajstić information content (AvgIpc) is 2.86. The van der Waals surface area contributed by atoms with Crippen LogP contribution in [0.3, 0.4) is 0 Å². The average molecular weight is 260 g/mol. The van der Waals surface area contributed by atoms with E-state index in [4.69, 9.17) is 4.42 Å². The Labute approximate surface area is 109 Å². The van der Waals surface area contributed by atoms with Crippen molar-refractivity contribution in [3.05, 3.63) is 57.5 Å². The molecule has 1 heterocycles. The molecule has 0 bridgehead atoms. The van der Waals surface area contributed by atoms with Crippen LogP contribution in [0.25, 0.3) is 0 Å². The highest BCUT2D eigenvalue weighted by Crippen LogP contribution is 2.26. The number of furan rings is 1. The zero-order valence-corrected chi connectivity index (χ0v) is 10.5. The maximum Gasteiger partial charge on any atom is 0.291 e. The standard InChI is InChI=1S/C13H12N2O4/c1-8-7-11(15(17)18)9(2)6-10(8)14-13(16)12-4-3-5-19-12/h3-7H,1-2H3,(H,14,16). The summed E-state index contributed by atoms with van der Waals surface area (Å²) in [5.41, 5.74) is 1.68. The third-order valence-corrected chi connectivity index (χ3v) is 2.73. The first-order valence-electron chi connectivity index (χ1n) is 5.59. The molecule has 0 atom stereocenters. The van der Waals surface area contributed by atoms with Crippen LogP contribution in [0.2, 0.25) is 0 Å². The lowest BCUT2D eigenvalue weighted by Crippen LogP contribution is -2.12. The summed E-state index contributed by atoms with van der Waals surface area (Å²) in [4.78, 5) is 22.2. The third-order valence-electron chi connectivity index (χ3n) is 2.73. The van der Waals surface area contributed by atoms with E-state index in [0.29, 0.717) is 16.8 Å². The van der Waals surface area contributed by atoms with E-state index in [2.05, 4.69) is 5.32 Å². The second-order valence-corrected chi connectivity index (χ2v) is 4.14. The molecular weight excluding hydrogens is 248 g/mol. The molecule has 0 aliphatic carbocycles. The van der Waals surface area contributed by atoms with Gasteiger partial charge in [-0.05, 0) is 37.6 Å². The molecule has 0 fully saturated rings. The van der Waals surface area contributed by atoms with E-state index in [-0.39, 0.29) is 17.4 Å². The molecular formula is C13H12N2O4. The Morgan fingerprint density at radius 2 is 2.05 bits per heavy atom. The number of carbonyl (C=O) groups excluding carboxylic acids is 1. The van der Waals surface area contributed by atoms with Gasteiger partial charge in [-0.25, -0.2) is 0 Å². The molecule has 0 unspecified atom stereocenters. The van der Waals surface area contributed by atoms with Gasteiger partial charge in [-0.15, -0.1) is 0 Å². The van der Waals surface area contributed by atoms with Crippen LogP contribution in [0.15, 0.2) is 34.9 Å². The van der Waals surface area contributed by atoms with Gasteiger partial charge in [-0.3, -0.25) is 14.9 Å². The smallest absolute Gasteiger partial charge is 0.291 e. The zero-order valence-electron chi connectivity index (χ0n) is 10.5. The molecule has 0 aliphatic rings. The number of amides is 1. The van der Waals surface area contributed by atoms with Crippen LogP contribution in [0.5, 0.6) is 0 Å². The van der Waals surface area contributed by atoms with Crippen molar-refractivity contribution in [3.63, 3.8) is 0 Å². The molecule has 98 valence electrons. The van der Waals surface area contributed by atoms with Crippen molar-refractivity contribution < 1.29 is 14.1 Å². The summed E-state index contributed by atoms with van der Waals surface area (Å²) in [7, 11) is 0. The molecule has 0 saturated heterocycles. The van der Waals surface area contributed by atoms with Crippen molar-refractivity contribution in [1.29, 1.82) is 0 Å². The Kier molecular flexibility index (Phi) is 3.33. The molecule has 1 N–H and O–H groups in total. The SMILES string of the molecule is Cc1cc([N+](=O)[O-])c(C)cc1NC(=O)c1ccco1. The van der Waals surface area contributed by atoms with E-state index in [0.717, 1.165) is 0 Å². The number of nitrogens with one attached hydrogen (secondary N) is 1. The minimum atomic E-state index is -0.444. The van der Waals surface area contributed by atoms with Crippen LogP contribution in [-0.2, 0) is 0 Å². The van der Waals surface area contributed by atoms with Crippen molar-refractivity contribution in [1.82, 2.24) is 0 Å². The van der Waals surface area contributed by atoms with E-state index >= 15 is 0 Å². The molecule has 19 heavy (non-hydrogen) atoms. The molecule has 2 rings (SSSR count). The van der Waals surface area contributed by atoms with E-state index in [9.17, 15) is 14.9 Å². The number of hydrogen-bond acceptors (Lipinski definition) is 4. The van der Waals surface area contributed by atoms with Gasteiger partial charge in [-0.2, -0.15) is 0 Å². The number of benzene rings is 1. The van der Waals surface area contributed by atoms with Gasteiger partial charge >= 0.3 is 0 Å². The fourth-order valence-corrected chi connectivity index (χ4v) is 1.72. The normalized spacial score (nSPS) is 10.2. The number of nitrogens with zero attached hydrogens (tertiary/aromatic N) is 1. The maximum absolute atomic E-state index is 11.8. The molecule has 0 saturated carbocycles. The van der Waals surface area contributed by atoms with E-state index in [1.54, 1.807) is 32.0 Å². The Bertz CT molecular complexity index is 632. The molecule has 6 nitrogen and oxygen atoms in total. The number of nitro groups is 1. The topological polar surface area (TPSA) is 85.4 Å². The summed E-state index contributed by atoms with van der Waals surface area (Å²) in [5, 5.41) is 13.5. The van der Waals surface area contributed by atoms with Gasteiger partial charge in [0.15, 0.2) is 5.76 Å². The molecule has 0 aliphatic heterocycles. The Balaban J connectivity index is 2.29. The van der Waals surface area contributed by atoms with Gasteiger partial charge in [0.1, 0.15) is 0 Å². The lowest BCUT2D eigenvalue weighted by molar-refractivity contribution is -0.385. The van der Waals surface area contributed by atoms with Crippen molar-refractivity contribution >= 4 is 17.3 Å². The first-order valence-corrected chi connectivity index (χ1v) is 5.59. The maximum atomic E-state index is 11.8. The largest absolute Gasteiger partial charge is 0.459 e. The molecule has 2 aromatic rings. The van der Waals surface area contributed by atoms with Crippen LogP contribution in [-0.4, -0.2) is 10.8 Å². The highest BCUT2D eigenvalue weighted by atomic mass is 16.6. The summed E-state index contributed by atoms with van der Waals surface area (Å²) < 4.78 is 4.98. The van der Waals surface area contributed by atoms with Crippen LogP contribution in [0.4, 0.5) is 11.4 Å². The number of rotatable bonds is 3. The quantitative estimate of drug-likeness (QED) is 0.678. The number of carbonyl (C=O) groups is 1. The highest BCUT2D eigenvalue weighted by molar-refractivity contribution is 6.02. The number of nitro benzene ring substituents is 1. The molecule has 6 heteroatoms. The van der Waals surface area contributed by atoms with Crippen LogP contribution >= 0.6 is 0 Å². The highest BCUT2D eigenvalue weighted by Gasteiger charge is 2.16. The van der Waals surface area contributed by atoms with Crippen LogP contribution < -0.4 is 5.32 Å². The van der Waals surface area contributed by atoms with Crippen LogP contribution in [0.1, 0.15) is 21.7 Å². The molecule has 0 spiro atoms. The molecule has 1 amide bonds. The number of aryl methyl sites for hydroxylation is 2. The fourth-order valence-electron chi connectivity index (χ4n) is 1.72. The first-order chi connectivity index (χ1) is 8.99. The van der Waals surface area contributed by atoms with Crippen molar-refractivity contribution in [3.8, 4) is 0 Å². The van der Waals surface area contributed by atoms with Gasteiger partial charge in [0.25, 0.3) is 11.6 Å². The van der Waals surface area contributed by atoms with Gasteiger partial charge in [0.2, 0.25) is 0 Å². The van der Waals surface area contributed by atoms with Gasteiger partial charge in [-0.1, -0.05) is 0 Å². The van der Waals surface area contributed by atoms with Gasteiger partial charge in [0, 0.05) is 17.3 Å². The minimum Gasteiger partial charge on any atom is -0.459 e. The van der Waals surface area contributed by atoms with Gasteiger partial charge < -0.3 is 9.73 Å². The summed E-state index contributed by atoms with van der Waals surface area (Å²) in [6.07, 6.45) is 1.41. The predicted octanol–water partition coefficient (Wildman–Crippen LogP) is 3.06. The second kappa shape index (κ2) is 4.93. The monoisotopic (exact) mass is 260 g/mol. The summed E-state index contributed by atoms with van der Waals surface area (Å²) in [5.74, 6) is -0.197. The predicted molar refractivity (Wildman–Crippen MR) is 69.2 cm³/mol. The van der Waals surface area contributed by atoms with E-state index in [1.807, 2.05) is 0 Å². The van der Waals surface area contributed by atoms with Crippen molar-refractivity contribution in [2.45, 2.75) is 13.8 Å². The molecule has 1 aromatic heterocycles. The van der Waals surface area contributed by atoms with E-state index < -0.39 is 4.92 Å². The fraction of sp³-hybridized carbons (Fsp3) is 0.154. The minimum absolute atomic E-state index is 0.0356. The Hall–Kier alpha value is -2.63. The number of hydrogen-bond donors (Lipinski definition) is 1. The Morgan fingerprint density at radius 1 is 1.32 bits per heavy atom. The first kappa shape index (κ1) is 12.8. The zero-order chi connectivity index (χ0) is 14.0. The van der Waals surface area contributed by atoms with Crippen molar-refractivity contribution in [2.75, 3.05) is 5.32 Å². The van der Waals surface area contributed by atoms with Crippen molar-refractivity contribution in [2.24, 2.45) is 0 Å². The molecule has 1 aromatic carbocycles. The summed E-state index contributed by atoms with van der Waals surface area (Å²) in [6.45, 7) is 3.32. The number of anilines is 1.